The highest BCUT2D eigenvalue weighted by atomic mass is 35.5. The van der Waals surface area contributed by atoms with Gasteiger partial charge in [0.1, 0.15) is 5.82 Å². The molecule has 3 heteroatoms. The summed E-state index contributed by atoms with van der Waals surface area (Å²) in [5, 5.41) is 4.23. The van der Waals surface area contributed by atoms with Gasteiger partial charge in [-0.2, -0.15) is 0 Å². The molecule has 0 amide bonds. The van der Waals surface area contributed by atoms with Gasteiger partial charge in [-0.3, -0.25) is 0 Å². The first-order valence-electron chi connectivity index (χ1n) is 7.20. The maximum absolute atomic E-state index is 13.8. The molecule has 2 aromatic carbocycles. The molecule has 0 aromatic heterocycles. The molecule has 1 unspecified atom stereocenters. The third-order valence-electron chi connectivity index (χ3n) is 3.72. The first-order chi connectivity index (χ1) is 9.93. The van der Waals surface area contributed by atoms with Gasteiger partial charge in [-0.05, 0) is 61.2 Å². The van der Waals surface area contributed by atoms with E-state index in [4.69, 9.17) is 11.6 Å². The second-order valence-corrected chi connectivity index (χ2v) is 5.88. The molecule has 0 spiro atoms. The van der Waals surface area contributed by atoms with E-state index >= 15 is 0 Å². The zero-order chi connectivity index (χ0) is 15.6. The van der Waals surface area contributed by atoms with E-state index in [0.29, 0.717) is 11.1 Å². The Hall–Kier alpha value is -1.38. The lowest BCUT2D eigenvalue weighted by atomic mass is 9.94. The van der Waals surface area contributed by atoms with Crippen molar-refractivity contribution in [2.45, 2.75) is 33.7 Å². The second-order valence-electron chi connectivity index (χ2n) is 5.47. The second kappa shape index (κ2) is 6.59. The Balaban J connectivity index is 2.50. The highest BCUT2D eigenvalue weighted by molar-refractivity contribution is 6.31. The van der Waals surface area contributed by atoms with E-state index in [9.17, 15) is 4.39 Å². The number of rotatable bonds is 4. The Morgan fingerprint density at radius 1 is 1.00 bits per heavy atom. The minimum absolute atomic E-state index is 0.0453. The first-order valence-corrected chi connectivity index (χ1v) is 7.58. The lowest BCUT2D eigenvalue weighted by Gasteiger charge is -2.21. The van der Waals surface area contributed by atoms with Crippen LogP contribution in [0.25, 0.3) is 0 Å². The fourth-order valence-corrected chi connectivity index (χ4v) is 2.74. The standard InChI is InChI=1S/C18H21ClFN/c1-5-21-18(14-6-7-16(19)11(2)8-14)15-9-12(3)17(20)13(4)10-15/h6-10,18,21H,5H2,1-4H3. The van der Waals surface area contributed by atoms with E-state index in [1.54, 1.807) is 0 Å². The number of halogens is 2. The van der Waals surface area contributed by atoms with Gasteiger partial charge in [0, 0.05) is 5.02 Å². The predicted molar refractivity (Wildman–Crippen MR) is 87.6 cm³/mol. The molecule has 0 aliphatic carbocycles. The highest BCUT2D eigenvalue weighted by Gasteiger charge is 2.16. The molecule has 21 heavy (non-hydrogen) atoms. The van der Waals surface area contributed by atoms with Crippen molar-refractivity contribution in [1.29, 1.82) is 0 Å². The molecule has 2 aromatic rings. The Bertz CT molecular complexity index is 629. The zero-order valence-electron chi connectivity index (χ0n) is 12.9. The Kier molecular flexibility index (Phi) is 5.02. The molecule has 1 nitrogen and oxygen atoms in total. The Labute approximate surface area is 131 Å². The van der Waals surface area contributed by atoms with Gasteiger partial charge in [0.25, 0.3) is 0 Å². The average molecular weight is 306 g/mol. The summed E-state index contributed by atoms with van der Waals surface area (Å²) < 4.78 is 13.8. The SMILES string of the molecule is CCNC(c1ccc(Cl)c(C)c1)c1cc(C)c(F)c(C)c1. The summed E-state index contributed by atoms with van der Waals surface area (Å²) in [5.41, 5.74) is 4.63. The van der Waals surface area contributed by atoms with Gasteiger partial charge in [0.05, 0.1) is 6.04 Å². The monoisotopic (exact) mass is 305 g/mol. The summed E-state index contributed by atoms with van der Waals surface area (Å²) in [6.45, 7) is 8.51. The molecule has 112 valence electrons. The van der Waals surface area contributed by atoms with Crippen LogP contribution in [0.4, 0.5) is 4.39 Å². The normalized spacial score (nSPS) is 12.5. The number of aryl methyl sites for hydroxylation is 3. The largest absolute Gasteiger partial charge is 0.307 e. The van der Waals surface area contributed by atoms with Crippen molar-refractivity contribution in [1.82, 2.24) is 5.32 Å². The van der Waals surface area contributed by atoms with E-state index in [1.165, 1.54) is 0 Å². The van der Waals surface area contributed by atoms with E-state index < -0.39 is 0 Å². The Morgan fingerprint density at radius 3 is 2.10 bits per heavy atom. The lowest BCUT2D eigenvalue weighted by Crippen LogP contribution is -2.22. The van der Waals surface area contributed by atoms with E-state index in [2.05, 4.69) is 18.3 Å². The molecule has 0 fully saturated rings. The maximum Gasteiger partial charge on any atom is 0.129 e. The van der Waals surface area contributed by atoms with Gasteiger partial charge in [-0.25, -0.2) is 4.39 Å². The van der Waals surface area contributed by atoms with Crippen molar-refractivity contribution < 1.29 is 4.39 Å². The maximum atomic E-state index is 13.8. The number of hydrogen-bond donors (Lipinski definition) is 1. The molecule has 0 saturated heterocycles. The third-order valence-corrected chi connectivity index (χ3v) is 4.14. The van der Waals surface area contributed by atoms with Crippen molar-refractivity contribution in [3.05, 3.63) is 69.0 Å². The van der Waals surface area contributed by atoms with Gasteiger partial charge >= 0.3 is 0 Å². The minimum atomic E-state index is -0.124. The predicted octanol–water partition coefficient (Wildman–Crippen LogP) is 5.10. The fraction of sp³-hybridized carbons (Fsp3) is 0.333. The summed E-state index contributed by atoms with van der Waals surface area (Å²) in [6.07, 6.45) is 0. The van der Waals surface area contributed by atoms with Crippen molar-refractivity contribution >= 4 is 11.6 Å². The summed E-state index contributed by atoms with van der Waals surface area (Å²) in [7, 11) is 0. The van der Waals surface area contributed by atoms with Gasteiger partial charge in [0.2, 0.25) is 0 Å². The van der Waals surface area contributed by atoms with Crippen molar-refractivity contribution in [2.75, 3.05) is 6.54 Å². The van der Waals surface area contributed by atoms with Crippen LogP contribution >= 0.6 is 11.6 Å². The molecule has 0 aliphatic heterocycles. The average Bonchev–Trinajstić information content (AvgIpc) is 2.45. The first kappa shape index (κ1) is 16.0. The fourth-order valence-electron chi connectivity index (χ4n) is 2.63. The molecule has 1 atom stereocenters. The smallest absolute Gasteiger partial charge is 0.129 e. The molecule has 1 N–H and O–H groups in total. The van der Waals surface area contributed by atoms with Crippen LogP contribution in [0.3, 0.4) is 0 Å². The topological polar surface area (TPSA) is 12.0 Å². The molecule has 0 heterocycles. The van der Waals surface area contributed by atoms with E-state index in [-0.39, 0.29) is 11.9 Å². The van der Waals surface area contributed by atoms with Crippen LogP contribution in [0.5, 0.6) is 0 Å². The van der Waals surface area contributed by atoms with Gasteiger partial charge in [-0.1, -0.05) is 42.8 Å². The van der Waals surface area contributed by atoms with Crippen LogP contribution in [0.1, 0.15) is 40.8 Å². The zero-order valence-corrected chi connectivity index (χ0v) is 13.7. The van der Waals surface area contributed by atoms with Gasteiger partial charge in [-0.15, -0.1) is 0 Å². The molecule has 0 bridgehead atoms. The third kappa shape index (κ3) is 3.45. The molecular weight excluding hydrogens is 285 g/mol. The summed E-state index contributed by atoms with van der Waals surface area (Å²) in [5.74, 6) is -0.124. The van der Waals surface area contributed by atoms with Crippen molar-refractivity contribution in [3.8, 4) is 0 Å². The molecule has 0 saturated carbocycles. The van der Waals surface area contributed by atoms with Crippen molar-refractivity contribution in [2.24, 2.45) is 0 Å². The number of hydrogen-bond acceptors (Lipinski definition) is 1. The van der Waals surface area contributed by atoms with E-state index in [0.717, 1.165) is 28.3 Å². The molecule has 0 aliphatic rings. The summed E-state index contributed by atoms with van der Waals surface area (Å²) in [4.78, 5) is 0. The van der Waals surface area contributed by atoms with Crippen molar-refractivity contribution in [3.63, 3.8) is 0 Å². The Morgan fingerprint density at radius 2 is 1.57 bits per heavy atom. The summed E-state index contributed by atoms with van der Waals surface area (Å²) >= 11 is 6.11. The van der Waals surface area contributed by atoms with Crippen LogP contribution < -0.4 is 5.32 Å². The minimum Gasteiger partial charge on any atom is -0.307 e. The van der Waals surface area contributed by atoms with E-state index in [1.807, 2.05) is 45.0 Å². The lowest BCUT2D eigenvalue weighted by molar-refractivity contribution is 0.598. The van der Waals surface area contributed by atoms with Crippen LogP contribution in [-0.4, -0.2) is 6.54 Å². The molecule has 0 radical (unpaired) electrons. The summed E-state index contributed by atoms with van der Waals surface area (Å²) in [6, 6.07) is 9.91. The number of benzene rings is 2. The van der Waals surface area contributed by atoms with Crippen LogP contribution in [0.2, 0.25) is 5.02 Å². The van der Waals surface area contributed by atoms with Crippen LogP contribution in [-0.2, 0) is 0 Å². The van der Waals surface area contributed by atoms with Gasteiger partial charge in [0.15, 0.2) is 0 Å². The number of nitrogens with one attached hydrogen (secondary N) is 1. The van der Waals surface area contributed by atoms with Crippen LogP contribution in [0, 0.1) is 26.6 Å². The molecule has 2 rings (SSSR count). The van der Waals surface area contributed by atoms with Gasteiger partial charge < -0.3 is 5.32 Å². The quantitative estimate of drug-likeness (QED) is 0.828. The highest BCUT2D eigenvalue weighted by Crippen LogP contribution is 2.28. The molecular formula is C18H21ClFN. The van der Waals surface area contributed by atoms with Crippen LogP contribution in [0.15, 0.2) is 30.3 Å².